The number of hydrogen-bond donors (Lipinski definition) is 5. The number of hydrogen-bond acceptors (Lipinski definition) is 9. The molecular weight excluding hydrogens is 668 g/mol. The number of anilines is 1. The quantitative estimate of drug-likeness (QED) is 0.0986. The molecule has 2 fully saturated rings. The maximum Gasteiger partial charge on any atom is 0.407 e. The highest BCUT2D eigenvalue weighted by Gasteiger charge is 2.36. The second kappa shape index (κ2) is 18.3. The van der Waals surface area contributed by atoms with E-state index in [-0.39, 0.29) is 25.0 Å². The average molecular weight is 717 g/mol. The lowest BCUT2D eigenvalue weighted by molar-refractivity contribution is -0.135. The Bertz CT molecular complexity index is 1810. The van der Waals surface area contributed by atoms with Crippen LogP contribution in [0.1, 0.15) is 63.7 Å². The summed E-state index contributed by atoms with van der Waals surface area (Å²) in [5.41, 5.74) is 4.56. The molecule has 3 unspecified atom stereocenters. The number of likely N-dealkylation sites (tertiary alicyclic amines) is 2. The molecule has 3 atom stereocenters. The number of methoxy groups -OCH3 is 2. The Morgan fingerprint density at radius 1 is 1.04 bits per heavy atom. The van der Waals surface area contributed by atoms with E-state index in [9.17, 15) is 24.3 Å². The van der Waals surface area contributed by atoms with Crippen LogP contribution in [0.5, 0.6) is 0 Å². The number of carbonyl (C=O) groups excluding carboxylic acids is 4. The molecule has 2 aromatic heterocycles. The van der Waals surface area contributed by atoms with E-state index in [4.69, 9.17) is 4.74 Å². The van der Waals surface area contributed by atoms with Crippen molar-refractivity contribution in [1.82, 2.24) is 35.3 Å². The Labute approximate surface area is 302 Å². The number of H-pyrrole nitrogens is 2. The third-order valence-electron chi connectivity index (χ3n) is 9.54. The molecule has 2 aromatic carbocycles. The lowest BCUT2D eigenvalue weighted by Gasteiger charge is -2.27. The van der Waals surface area contributed by atoms with Crippen molar-refractivity contribution in [3.05, 3.63) is 54.5 Å². The summed E-state index contributed by atoms with van der Waals surface area (Å²) < 4.78 is 9.54. The topological polar surface area (TPSA) is 195 Å². The van der Waals surface area contributed by atoms with Gasteiger partial charge in [-0.15, -0.1) is 0 Å². The normalized spacial score (nSPS) is 17.4. The van der Waals surface area contributed by atoms with Gasteiger partial charge in [-0.05, 0) is 74.3 Å². The van der Waals surface area contributed by atoms with E-state index < -0.39 is 12.1 Å². The van der Waals surface area contributed by atoms with Gasteiger partial charge in [-0.1, -0.05) is 30.3 Å². The van der Waals surface area contributed by atoms with E-state index in [1.807, 2.05) is 47.4 Å². The van der Waals surface area contributed by atoms with Gasteiger partial charge in [-0.25, -0.2) is 9.78 Å². The first-order chi connectivity index (χ1) is 25.3. The minimum atomic E-state index is -0.878. The molecule has 4 amide bonds. The third kappa shape index (κ3) is 9.14. The maximum absolute atomic E-state index is 13.2. The van der Waals surface area contributed by atoms with Crippen molar-refractivity contribution in [2.24, 2.45) is 0 Å². The fourth-order valence-corrected chi connectivity index (χ4v) is 6.77. The second-order valence-corrected chi connectivity index (χ2v) is 12.9. The monoisotopic (exact) mass is 716 g/mol. The van der Waals surface area contributed by atoms with Crippen molar-refractivity contribution in [3.8, 4) is 22.4 Å². The van der Waals surface area contributed by atoms with Crippen LogP contribution in [0.4, 0.5) is 10.6 Å². The predicted molar refractivity (Wildman–Crippen MR) is 195 cm³/mol. The standard InChI is InChI=1S/C27H29N7O5.C10H19NO2/c1-39-27(38)31-21(10-12-35)26(37)34-11-2-3-23(34)25-28-14-22(30-25)17-6-4-16(5-7-17)18-8-9-20-19(13-18)24(29-15-36)33-32-20;1-9-5-3-7-11(9)10(12)6-4-8-13-2/h4-9,13-15,21,23,35H,2-3,10-12H2,1H3,(H,28,30)(H,31,38)(H2,29,32,33,36);9H,3-8H2,1-2H3. The van der Waals surface area contributed by atoms with Crippen molar-refractivity contribution >= 4 is 41.0 Å². The van der Waals surface area contributed by atoms with Gasteiger partial charge in [0.15, 0.2) is 5.82 Å². The number of imidazole rings is 1. The number of aromatic amines is 2. The smallest absolute Gasteiger partial charge is 0.407 e. The number of aromatic nitrogens is 4. The maximum atomic E-state index is 13.2. The molecule has 6 rings (SSSR count). The van der Waals surface area contributed by atoms with Gasteiger partial charge in [0, 0.05) is 51.3 Å². The number of alkyl carbamates (subject to hydrolysis) is 1. The number of fused-ring (bicyclic) bond motifs is 1. The number of benzene rings is 2. The van der Waals surface area contributed by atoms with Crippen LogP contribution in [0.25, 0.3) is 33.3 Å². The first kappa shape index (κ1) is 38.0. The van der Waals surface area contributed by atoms with Gasteiger partial charge in [0.1, 0.15) is 11.9 Å². The van der Waals surface area contributed by atoms with Crippen LogP contribution in [0, 0.1) is 0 Å². The predicted octanol–water partition coefficient (Wildman–Crippen LogP) is 4.38. The lowest BCUT2D eigenvalue weighted by Crippen LogP contribution is -2.48. The molecule has 2 saturated heterocycles. The molecule has 0 radical (unpaired) electrons. The van der Waals surface area contributed by atoms with Crippen molar-refractivity contribution in [2.75, 3.05) is 45.8 Å². The summed E-state index contributed by atoms with van der Waals surface area (Å²) in [5.74, 6) is 1.16. The summed E-state index contributed by atoms with van der Waals surface area (Å²) in [6.45, 7) is 4.05. The van der Waals surface area contributed by atoms with Crippen LogP contribution in [0.3, 0.4) is 0 Å². The Morgan fingerprint density at radius 3 is 2.46 bits per heavy atom. The van der Waals surface area contributed by atoms with Gasteiger partial charge in [0.2, 0.25) is 18.2 Å². The lowest BCUT2D eigenvalue weighted by atomic mass is 10.0. The van der Waals surface area contributed by atoms with E-state index in [1.54, 1.807) is 18.2 Å². The minimum absolute atomic E-state index is 0.0926. The molecule has 4 heterocycles. The highest BCUT2D eigenvalue weighted by atomic mass is 16.5. The number of rotatable bonds is 13. The molecule has 2 aliphatic heterocycles. The average Bonchev–Trinajstić information content (AvgIpc) is 3.99. The van der Waals surface area contributed by atoms with Crippen molar-refractivity contribution in [3.63, 3.8) is 0 Å². The van der Waals surface area contributed by atoms with E-state index >= 15 is 0 Å². The van der Waals surface area contributed by atoms with Gasteiger partial charge in [-0.3, -0.25) is 19.5 Å². The number of amides is 4. The molecule has 2 aliphatic rings. The molecule has 278 valence electrons. The number of nitrogens with zero attached hydrogens (tertiary/aromatic N) is 4. The molecule has 15 nitrogen and oxygen atoms in total. The number of ether oxygens (including phenoxy) is 2. The SMILES string of the molecule is COC(=O)NC(CCO)C(=O)N1CCCC1c1ncc(-c2ccc(-c3ccc4[nH]nc(NC=O)c4c3)cc2)[nH]1.COCCCC(=O)N1CCCC1C. The molecule has 0 saturated carbocycles. The molecule has 0 spiro atoms. The zero-order valence-corrected chi connectivity index (χ0v) is 29.9. The van der Waals surface area contributed by atoms with Gasteiger partial charge in [0.05, 0.1) is 30.6 Å². The number of nitrogens with one attached hydrogen (secondary N) is 4. The number of carbonyl (C=O) groups is 4. The summed E-state index contributed by atoms with van der Waals surface area (Å²) >= 11 is 0. The van der Waals surface area contributed by atoms with Crippen molar-refractivity contribution < 1.29 is 33.8 Å². The van der Waals surface area contributed by atoms with E-state index in [1.165, 1.54) is 7.11 Å². The largest absolute Gasteiger partial charge is 0.453 e. The van der Waals surface area contributed by atoms with E-state index in [2.05, 4.69) is 42.5 Å². The Kier molecular flexibility index (Phi) is 13.3. The van der Waals surface area contributed by atoms with Gasteiger partial charge in [0.25, 0.3) is 0 Å². The van der Waals surface area contributed by atoms with Crippen molar-refractivity contribution in [2.45, 2.75) is 70.0 Å². The zero-order valence-electron chi connectivity index (χ0n) is 29.9. The molecule has 5 N–H and O–H groups in total. The molecule has 52 heavy (non-hydrogen) atoms. The number of aliphatic hydroxyl groups is 1. The molecule has 15 heteroatoms. The Morgan fingerprint density at radius 2 is 1.77 bits per heavy atom. The highest BCUT2D eigenvalue weighted by molar-refractivity contribution is 5.96. The first-order valence-electron chi connectivity index (χ1n) is 17.7. The highest BCUT2D eigenvalue weighted by Crippen LogP contribution is 2.33. The van der Waals surface area contributed by atoms with Crippen LogP contribution in [0.15, 0.2) is 48.7 Å². The fourth-order valence-electron chi connectivity index (χ4n) is 6.77. The third-order valence-corrected chi connectivity index (χ3v) is 9.54. The number of aliphatic hydroxyl groups excluding tert-OH is 1. The van der Waals surface area contributed by atoms with Crippen LogP contribution in [-0.2, 0) is 23.9 Å². The summed E-state index contributed by atoms with van der Waals surface area (Å²) in [6, 6.07) is 13.2. The molecular formula is C37H48N8O7. The molecule has 4 aromatic rings. The summed E-state index contributed by atoms with van der Waals surface area (Å²) in [7, 11) is 2.90. The Hall–Kier alpha value is -5.28. The fraction of sp³-hybridized carbons (Fsp3) is 0.459. The van der Waals surface area contributed by atoms with Crippen LogP contribution in [-0.4, -0.2) is 112 Å². The Balaban J connectivity index is 0.000000340. The summed E-state index contributed by atoms with van der Waals surface area (Å²) in [5, 5.41) is 22.3. The second-order valence-electron chi connectivity index (χ2n) is 12.9. The van der Waals surface area contributed by atoms with Crippen molar-refractivity contribution in [1.29, 1.82) is 0 Å². The molecule has 0 aliphatic carbocycles. The van der Waals surface area contributed by atoms with Gasteiger partial charge >= 0.3 is 6.09 Å². The first-order valence-corrected chi connectivity index (χ1v) is 17.7. The van der Waals surface area contributed by atoms with E-state index in [0.29, 0.717) is 49.6 Å². The van der Waals surface area contributed by atoms with E-state index in [0.717, 1.165) is 71.9 Å². The summed E-state index contributed by atoms with van der Waals surface area (Å²) in [4.78, 5) is 59.0. The summed E-state index contributed by atoms with van der Waals surface area (Å²) in [6.07, 6.45) is 7.07. The minimum Gasteiger partial charge on any atom is -0.453 e. The van der Waals surface area contributed by atoms with Crippen LogP contribution >= 0.6 is 0 Å². The van der Waals surface area contributed by atoms with Crippen LogP contribution in [0.2, 0.25) is 0 Å². The zero-order chi connectivity index (χ0) is 37.0. The van der Waals surface area contributed by atoms with Gasteiger partial charge in [-0.2, -0.15) is 5.10 Å². The van der Waals surface area contributed by atoms with Crippen LogP contribution < -0.4 is 10.6 Å². The van der Waals surface area contributed by atoms with Gasteiger partial charge < -0.3 is 40.0 Å². The molecule has 0 bridgehead atoms.